The van der Waals surface area contributed by atoms with Crippen molar-refractivity contribution in [1.82, 2.24) is 24.7 Å². The molecular weight excluding hydrogens is 379 g/mol. The average Bonchev–Trinajstić information content (AvgIpc) is 3.22. The molecule has 10 heteroatoms. The first-order valence-electron chi connectivity index (χ1n) is 7.95. The molecule has 0 aromatic carbocycles. The first-order valence-corrected chi connectivity index (χ1v) is 9.15. The van der Waals surface area contributed by atoms with Crippen LogP contribution in [0.4, 0.5) is 15.3 Å². The average molecular weight is 395 g/mol. The first-order chi connectivity index (χ1) is 12.6. The Morgan fingerprint density at radius 1 is 1.35 bits per heavy atom. The molecule has 4 rings (SSSR count). The zero-order valence-electron chi connectivity index (χ0n) is 13.9. The summed E-state index contributed by atoms with van der Waals surface area (Å²) < 4.78 is 20.1. The van der Waals surface area contributed by atoms with Gasteiger partial charge in [-0.1, -0.05) is 11.6 Å². The van der Waals surface area contributed by atoms with Gasteiger partial charge in [0.15, 0.2) is 0 Å². The van der Waals surface area contributed by atoms with Crippen LogP contribution in [0.5, 0.6) is 0 Å². The summed E-state index contributed by atoms with van der Waals surface area (Å²) in [5.41, 5.74) is 0.834. The Morgan fingerprint density at radius 2 is 2.19 bits per heavy atom. The third-order valence-electron chi connectivity index (χ3n) is 4.10. The van der Waals surface area contributed by atoms with Crippen molar-refractivity contribution in [3.63, 3.8) is 0 Å². The lowest BCUT2D eigenvalue weighted by molar-refractivity contribution is -0.133. The highest BCUT2D eigenvalue weighted by atomic mass is 35.5. The maximum atomic E-state index is 13.3. The second-order valence-corrected chi connectivity index (χ2v) is 7.95. The van der Waals surface area contributed by atoms with Crippen molar-refractivity contribution in [1.29, 1.82) is 0 Å². The van der Waals surface area contributed by atoms with E-state index in [1.807, 2.05) is 13.1 Å². The highest BCUT2D eigenvalue weighted by Gasteiger charge is 2.39. The molecule has 1 fully saturated rings. The first kappa shape index (κ1) is 17.3. The molecule has 0 spiro atoms. The van der Waals surface area contributed by atoms with E-state index in [9.17, 15) is 4.39 Å². The van der Waals surface area contributed by atoms with Gasteiger partial charge in [-0.3, -0.25) is 9.07 Å². The SMILES string of the molecule is Cc1ncc(Nc2ncc(Cl)c(-c3cnn(CC4(CF)COC4)c3)n2)s1. The van der Waals surface area contributed by atoms with Crippen molar-refractivity contribution in [2.45, 2.75) is 13.5 Å². The second-order valence-electron chi connectivity index (χ2n) is 6.31. The van der Waals surface area contributed by atoms with Gasteiger partial charge in [-0.15, -0.1) is 11.3 Å². The number of aryl methyl sites for hydroxylation is 1. The van der Waals surface area contributed by atoms with Crippen LogP contribution in [0.15, 0.2) is 24.8 Å². The van der Waals surface area contributed by atoms with Gasteiger partial charge in [0.2, 0.25) is 5.95 Å². The standard InChI is InChI=1S/C16H16ClFN6OS/c1-10-19-4-13(26-10)22-15-20-3-12(17)14(23-15)11-2-21-24(5-11)7-16(6-18)8-25-9-16/h2-5H,6-9H2,1H3,(H,20,22,23). The lowest BCUT2D eigenvalue weighted by Crippen LogP contribution is -2.47. The Kier molecular flexibility index (Phi) is 4.60. The Labute approximate surface area is 158 Å². The highest BCUT2D eigenvalue weighted by Crippen LogP contribution is 2.32. The summed E-state index contributed by atoms with van der Waals surface area (Å²) >= 11 is 7.78. The van der Waals surface area contributed by atoms with E-state index in [0.29, 0.717) is 36.4 Å². The minimum absolute atomic E-state index is 0.412. The molecule has 0 amide bonds. The zero-order chi connectivity index (χ0) is 18.1. The predicted molar refractivity (Wildman–Crippen MR) is 97.6 cm³/mol. The molecule has 3 aromatic rings. The van der Waals surface area contributed by atoms with E-state index in [1.165, 1.54) is 11.3 Å². The van der Waals surface area contributed by atoms with Crippen LogP contribution in [-0.4, -0.2) is 44.6 Å². The Balaban J connectivity index is 1.56. The third kappa shape index (κ3) is 3.42. The highest BCUT2D eigenvalue weighted by molar-refractivity contribution is 7.15. The summed E-state index contributed by atoms with van der Waals surface area (Å²) in [5.74, 6) is 0.424. The van der Waals surface area contributed by atoms with Crippen LogP contribution < -0.4 is 5.32 Å². The van der Waals surface area contributed by atoms with Gasteiger partial charge < -0.3 is 10.1 Å². The number of ether oxygens (including phenoxy) is 1. The largest absolute Gasteiger partial charge is 0.380 e. The van der Waals surface area contributed by atoms with E-state index in [0.717, 1.165) is 15.6 Å². The number of halogens is 2. The Bertz CT molecular complexity index is 920. The molecule has 1 aliphatic heterocycles. The van der Waals surface area contributed by atoms with E-state index in [-0.39, 0.29) is 0 Å². The molecule has 1 N–H and O–H groups in total. The van der Waals surface area contributed by atoms with Crippen LogP contribution in [0.25, 0.3) is 11.3 Å². The van der Waals surface area contributed by atoms with E-state index in [4.69, 9.17) is 16.3 Å². The van der Waals surface area contributed by atoms with Crippen molar-refractivity contribution in [3.05, 3.63) is 34.8 Å². The van der Waals surface area contributed by atoms with Crippen LogP contribution in [-0.2, 0) is 11.3 Å². The molecule has 1 aliphatic rings. The van der Waals surface area contributed by atoms with Crippen molar-refractivity contribution in [2.75, 3.05) is 25.2 Å². The molecule has 3 aromatic heterocycles. The molecule has 1 saturated heterocycles. The molecule has 0 bridgehead atoms. The quantitative estimate of drug-likeness (QED) is 0.689. The molecule has 0 aliphatic carbocycles. The lowest BCUT2D eigenvalue weighted by atomic mass is 9.88. The van der Waals surface area contributed by atoms with Crippen LogP contribution in [0, 0.1) is 12.3 Å². The predicted octanol–water partition coefficient (Wildman–Crippen LogP) is 3.49. The number of nitrogens with one attached hydrogen (secondary N) is 1. The van der Waals surface area contributed by atoms with E-state index >= 15 is 0 Å². The van der Waals surface area contributed by atoms with Crippen LogP contribution >= 0.6 is 22.9 Å². The van der Waals surface area contributed by atoms with Crippen molar-refractivity contribution in [2.24, 2.45) is 5.41 Å². The fraction of sp³-hybridized carbons (Fsp3) is 0.375. The number of rotatable bonds is 6. The van der Waals surface area contributed by atoms with Gasteiger partial charge >= 0.3 is 0 Å². The van der Waals surface area contributed by atoms with Gasteiger partial charge in [0.1, 0.15) is 11.7 Å². The molecular formula is C16H16ClFN6OS. The molecule has 0 atom stereocenters. The minimum Gasteiger partial charge on any atom is -0.380 e. The number of nitrogens with zero attached hydrogens (tertiary/aromatic N) is 5. The van der Waals surface area contributed by atoms with Crippen LogP contribution in [0.1, 0.15) is 5.01 Å². The summed E-state index contributed by atoms with van der Waals surface area (Å²) in [6.07, 6.45) is 6.75. The topological polar surface area (TPSA) is 77.8 Å². The van der Waals surface area contributed by atoms with Gasteiger partial charge in [-0.05, 0) is 6.92 Å². The van der Waals surface area contributed by atoms with Gasteiger partial charge in [0, 0.05) is 11.8 Å². The third-order valence-corrected chi connectivity index (χ3v) is 5.21. The smallest absolute Gasteiger partial charge is 0.228 e. The Morgan fingerprint density at radius 3 is 2.85 bits per heavy atom. The molecule has 4 heterocycles. The molecule has 0 radical (unpaired) electrons. The van der Waals surface area contributed by atoms with Gasteiger partial charge in [0.05, 0.1) is 59.5 Å². The fourth-order valence-electron chi connectivity index (χ4n) is 2.68. The van der Waals surface area contributed by atoms with Crippen LogP contribution in [0.3, 0.4) is 0 Å². The number of hydrogen-bond donors (Lipinski definition) is 1. The monoisotopic (exact) mass is 394 g/mol. The molecule has 26 heavy (non-hydrogen) atoms. The van der Waals surface area contributed by atoms with Crippen molar-refractivity contribution >= 4 is 33.9 Å². The number of thiazole rings is 1. The number of anilines is 2. The molecule has 0 saturated carbocycles. The van der Waals surface area contributed by atoms with Gasteiger partial charge in [-0.25, -0.2) is 15.0 Å². The zero-order valence-corrected chi connectivity index (χ0v) is 15.5. The minimum atomic E-state index is -0.477. The lowest BCUT2D eigenvalue weighted by Gasteiger charge is -2.38. The maximum Gasteiger partial charge on any atom is 0.228 e. The molecule has 7 nitrogen and oxygen atoms in total. The summed E-state index contributed by atoms with van der Waals surface area (Å²) in [6, 6.07) is 0. The van der Waals surface area contributed by atoms with Gasteiger partial charge in [0.25, 0.3) is 0 Å². The van der Waals surface area contributed by atoms with Crippen molar-refractivity contribution < 1.29 is 9.13 Å². The maximum absolute atomic E-state index is 13.3. The number of alkyl halides is 1. The van der Waals surface area contributed by atoms with Crippen molar-refractivity contribution in [3.8, 4) is 11.3 Å². The summed E-state index contributed by atoms with van der Waals surface area (Å²) in [7, 11) is 0. The fourth-order valence-corrected chi connectivity index (χ4v) is 3.55. The molecule has 0 unspecified atom stereocenters. The summed E-state index contributed by atoms with van der Waals surface area (Å²) in [5, 5.41) is 9.65. The van der Waals surface area contributed by atoms with Gasteiger partial charge in [-0.2, -0.15) is 5.10 Å². The van der Waals surface area contributed by atoms with E-state index in [1.54, 1.807) is 23.3 Å². The second kappa shape index (κ2) is 6.90. The van der Waals surface area contributed by atoms with E-state index in [2.05, 4.69) is 25.4 Å². The normalized spacial score (nSPS) is 15.7. The van der Waals surface area contributed by atoms with E-state index < -0.39 is 12.1 Å². The van der Waals surface area contributed by atoms with Crippen LogP contribution in [0.2, 0.25) is 5.02 Å². The number of aromatic nitrogens is 5. The summed E-state index contributed by atoms with van der Waals surface area (Å²) in [4.78, 5) is 12.9. The summed E-state index contributed by atoms with van der Waals surface area (Å²) in [6.45, 7) is 2.77. The molecule has 136 valence electrons. The number of hydrogen-bond acceptors (Lipinski definition) is 7. The Hall–Kier alpha value is -2.10.